The monoisotopic (exact) mass is 1380 g/mol. The van der Waals surface area contributed by atoms with Gasteiger partial charge in [0.1, 0.15) is 54.8 Å². The van der Waals surface area contributed by atoms with Gasteiger partial charge in [0.25, 0.3) is 5.56 Å². The summed E-state index contributed by atoms with van der Waals surface area (Å²) in [5.74, 6) is -5.41. The lowest BCUT2D eigenvalue weighted by molar-refractivity contribution is -0.271. The summed E-state index contributed by atoms with van der Waals surface area (Å²) in [5.41, 5.74) is 5.39. The number of cyclic esters (lactones) is 1. The number of methoxy groups -OCH3 is 1. The summed E-state index contributed by atoms with van der Waals surface area (Å²) < 4.78 is 51.8. The van der Waals surface area contributed by atoms with E-state index in [1.807, 2.05) is 55.6 Å². The van der Waals surface area contributed by atoms with Crippen molar-refractivity contribution in [1.29, 1.82) is 0 Å². The van der Waals surface area contributed by atoms with E-state index in [-0.39, 0.29) is 135 Å². The SMILES string of the molecule is CC[C@@]1(O)C(=O)OCc2c1cc1n(c2=O)Cc2c-1nc1cc(F)c(C)c3c1c2[C@@H](NC(=O)OCc1ccc(O[C@@H]2O[C@H](C(=O)O)[C@@H](O)[C@H](O)[C@H]2O)c(CNC(=O)[C@H](CNC(=O)CCOCCOC)NC(=O)CCCCC(=O)N2Cc4ccccc4-c4c(nnn4C)-c4ccccc42)c1)CC3. The van der Waals surface area contributed by atoms with Gasteiger partial charge < -0.3 is 84.7 Å². The maximum Gasteiger partial charge on any atom is 0.407 e. The highest BCUT2D eigenvalue weighted by molar-refractivity contribution is 6.00. The molecule has 30 heteroatoms. The van der Waals surface area contributed by atoms with Crippen LogP contribution >= 0.6 is 0 Å². The Morgan fingerprint density at radius 3 is 2.40 bits per heavy atom. The van der Waals surface area contributed by atoms with E-state index in [0.29, 0.717) is 45.4 Å². The number of nitrogens with one attached hydrogen (secondary N) is 4. The minimum atomic E-state index is -2.12. The first-order chi connectivity index (χ1) is 48.1. The molecule has 0 unspecified atom stereocenters. The molecule has 1 fully saturated rings. The maximum atomic E-state index is 15.7. The largest absolute Gasteiger partial charge is 0.479 e. The highest BCUT2D eigenvalue weighted by atomic mass is 19.1. The number of carbonyl (C=O) groups excluding carboxylic acids is 6. The Morgan fingerprint density at radius 2 is 1.62 bits per heavy atom. The van der Waals surface area contributed by atoms with E-state index >= 15 is 4.39 Å². The lowest BCUT2D eigenvalue weighted by Gasteiger charge is -2.38. The average molecular weight is 1380 g/mol. The molecule has 0 saturated carbocycles. The Morgan fingerprint density at radius 1 is 0.850 bits per heavy atom. The number of halogens is 1. The number of esters is 1. The number of aliphatic carboxylic acids is 1. The predicted molar refractivity (Wildman–Crippen MR) is 351 cm³/mol. The molecular formula is C70H75FN10O19. The molecule has 1 aliphatic carbocycles. The Bertz CT molecular complexity index is 4470. The Kier molecular flexibility index (Phi) is 20.5. The number of aliphatic hydroxyl groups excluding tert-OH is 3. The zero-order valence-electron chi connectivity index (χ0n) is 55.1. The number of hydrogen-bond donors (Lipinski definition) is 9. The molecule has 9 N–H and O–H groups in total. The second-order valence-electron chi connectivity index (χ2n) is 25.2. The smallest absolute Gasteiger partial charge is 0.407 e. The van der Waals surface area contributed by atoms with Crippen LogP contribution in [0, 0.1) is 12.7 Å². The van der Waals surface area contributed by atoms with Crippen LogP contribution in [0.1, 0.15) is 108 Å². The predicted octanol–water partition coefficient (Wildman–Crippen LogP) is 3.55. The van der Waals surface area contributed by atoms with Gasteiger partial charge in [-0.05, 0) is 91.1 Å². The van der Waals surface area contributed by atoms with Crippen molar-refractivity contribution >= 4 is 58.3 Å². The highest BCUT2D eigenvalue weighted by Gasteiger charge is 2.49. The van der Waals surface area contributed by atoms with Crippen molar-refractivity contribution in [2.24, 2.45) is 7.05 Å². The van der Waals surface area contributed by atoms with E-state index in [1.54, 1.807) is 23.4 Å². The number of aryl methyl sites for hydroxylation is 2. The molecule has 100 heavy (non-hydrogen) atoms. The lowest BCUT2D eigenvalue weighted by Crippen LogP contribution is -2.61. The molecule has 5 aliphatic rings. The lowest BCUT2D eigenvalue weighted by atomic mass is 9.81. The van der Waals surface area contributed by atoms with Crippen molar-refractivity contribution < 1.29 is 91.9 Å². The van der Waals surface area contributed by atoms with Gasteiger partial charge in [0.2, 0.25) is 29.9 Å². The van der Waals surface area contributed by atoms with Crippen LogP contribution in [-0.4, -0.2) is 162 Å². The van der Waals surface area contributed by atoms with Crippen LogP contribution < -0.4 is 36.5 Å². The number of aliphatic hydroxyl groups is 4. The Balaban J connectivity index is 0.759. The molecule has 1 saturated heterocycles. The highest BCUT2D eigenvalue weighted by Crippen LogP contribution is 2.47. The van der Waals surface area contributed by atoms with E-state index in [9.17, 15) is 63.9 Å². The van der Waals surface area contributed by atoms with E-state index < -0.39 is 115 Å². The molecule has 7 aromatic rings. The third-order valence-corrected chi connectivity index (χ3v) is 19.0. The summed E-state index contributed by atoms with van der Waals surface area (Å²) in [7, 11) is 3.31. The van der Waals surface area contributed by atoms with Gasteiger partial charge in [-0.2, -0.15) is 0 Å². The van der Waals surface area contributed by atoms with Crippen molar-refractivity contribution in [2.75, 3.05) is 38.4 Å². The van der Waals surface area contributed by atoms with E-state index in [2.05, 4.69) is 31.6 Å². The van der Waals surface area contributed by atoms with Gasteiger partial charge in [0.05, 0.1) is 72.8 Å². The number of rotatable bonds is 24. The number of ether oxygens (including phenoxy) is 6. The zero-order chi connectivity index (χ0) is 70.8. The molecule has 0 bridgehead atoms. The van der Waals surface area contributed by atoms with Crippen molar-refractivity contribution in [2.45, 2.75) is 146 Å². The summed E-state index contributed by atoms with van der Waals surface area (Å²) in [4.78, 5) is 116. The number of amides is 5. The molecule has 4 aromatic carbocycles. The molecule has 8 atom stereocenters. The summed E-state index contributed by atoms with van der Waals surface area (Å²) in [6.07, 6.45) is -10.2. The van der Waals surface area contributed by atoms with Crippen LogP contribution in [0.2, 0.25) is 0 Å². The van der Waals surface area contributed by atoms with Crippen LogP contribution in [0.4, 0.5) is 14.9 Å². The van der Waals surface area contributed by atoms with Crippen molar-refractivity contribution in [3.8, 4) is 39.7 Å². The van der Waals surface area contributed by atoms with Crippen molar-refractivity contribution in [3.05, 3.63) is 145 Å². The van der Waals surface area contributed by atoms with Crippen LogP contribution in [-0.2, 0) is 104 Å². The zero-order valence-corrected chi connectivity index (χ0v) is 55.1. The number of alkyl carbamates (subject to hydrolysis) is 1. The molecule has 4 aliphatic heterocycles. The summed E-state index contributed by atoms with van der Waals surface area (Å²) >= 11 is 0. The molecule has 29 nitrogen and oxygen atoms in total. The normalized spacial score (nSPS) is 20.4. The van der Waals surface area contributed by atoms with Crippen LogP contribution in [0.3, 0.4) is 0 Å². The molecule has 3 aromatic heterocycles. The van der Waals surface area contributed by atoms with E-state index in [1.165, 1.54) is 42.0 Å². The molecule has 12 rings (SSSR count). The Hall–Kier alpha value is -10.1. The number of carboxylic acids is 1. The number of aromatic nitrogens is 5. The third kappa shape index (κ3) is 13.7. The first-order valence-electron chi connectivity index (χ1n) is 32.8. The van der Waals surface area contributed by atoms with Crippen molar-refractivity contribution in [1.82, 2.24) is 45.8 Å². The van der Waals surface area contributed by atoms with Gasteiger partial charge >= 0.3 is 18.0 Å². The number of anilines is 1. The van der Waals surface area contributed by atoms with E-state index in [4.69, 9.17) is 33.4 Å². The topological polar surface area (TPSA) is 393 Å². The number of nitrogens with zero attached hydrogens (tertiary/aromatic N) is 6. The van der Waals surface area contributed by atoms with Gasteiger partial charge in [-0.15, -0.1) is 5.10 Å². The molecule has 0 spiro atoms. The number of carboxylic acid groups (broad SMARTS) is 1. The summed E-state index contributed by atoms with van der Waals surface area (Å²) in [6, 6.07) is 19.9. The minimum absolute atomic E-state index is 0.0169. The standard InChI is InChI=1S/C70H75FN10O19/c1-5-70(94)44-27-50-57-42(32-81(50)65(89)43(44)34-97-68(70)92)56-46(20-19-39-35(2)45(71)28-47(75-57)55(39)56)76-69(93)98-33-36-18-21-51(99-67-62(87)60(85)61(86)63(100-67)66(90)91)38(26-36)29-73-64(88)48(30-72-52(82)22-23-96-25-24-95-4)74-53(83)16-10-11-17-54(84)80-31-37-12-6-7-13-40(37)59-58(77-78-79(59)3)41-14-8-9-15-49(41)80/h6-9,12-15,18,21,26-28,46,48,60-63,67,85-87,94H,5,10-11,16-17,19-20,22-25,29-34H2,1-4H3,(H,72,82)(H,73,88)(H,74,83)(H,76,93)(H,90,91)/t46-,48-,60-,61-,62+,63-,67+,70-/m0/s1. The molecule has 7 heterocycles. The molecular weight excluding hydrogens is 1300 g/mol. The number of para-hydroxylation sites is 1. The number of benzene rings is 4. The number of unbranched alkanes of at least 4 members (excludes halogenated alkanes) is 1. The Labute approximate surface area is 570 Å². The first-order valence-corrected chi connectivity index (χ1v) is 32.8. The van der Waals surface area contributed by atoms with E-state index in [0.717, 1.165) is 22.4 Å². The first kappa shape index (κ1) is 69.8. The number of hydrogen-bond acceptors (Lipinski definition) is 21. The maximum absolute atomic E-state index is 15.7. The number of pyridine rings is 2. The number of fused-ring (bicyclic) bond motifs is 10. The molecule has 526 valence electrons. The van der Waals surface area contributed by atoms with Gasteiger partial charge in [-0.25, -0.2) is 28.4 Å². The van der Waals surface area contributed by atoms with Gasteiger partial charge in [-0.1, -0.05) is 60.7 Å². The van der Waals surface area contributed by atoms with Crippen LogP contribution in [0.15, 0.2) is 83.7 Å². The second kappa shape index (κ2) is 29.4. The van der Waals surface area contributed by atoms with Crippen molar-refractivity contribution in [3.63, 3.8) is 0 Å². The minimum Gasteiger partial charge on any atom is -0.479 e. The van der Waals surface area contributed by atoms with Gasteiger partial charge in [0.15, 0.2) is 11.7 Å². The van der Waals surface area contributed by atoms with Gasteiger partial charge in [-0.3, -0.25) is 24.0 Å². The fraction of sp³-hybridized carbons (Fsp3) is 0.414. The fourth-order valence-corrected chi connectivity index (χ4v) is 13.6. The fourth-order valence-electron chi connectivity index (χ4n) is 13.6. The van der Waals surface area contributed by atoms with Gasteiger partial charge in [0, 0.05) is 85.8 Å². The van der Waals surface area contributed by atoms with Crippen LogP contribution in [0.25, 0.3) is 44.8 Å². The average Bonchev–Trinajstić information content (AvgIpc) is 1.47. The third-order valence-electron chi connectivity index (χ3n) is 19.0. The number of carbonyl (C=O) groups is 7. The van der Waals surface area contributed by atoms with Crippen LogP contribution in [0.5, 0.6) is 5.75 Å². The molecule has 5 amide bonds. The summed E-state index contributed by atoms with van der Waals surface area (Å²) in [5, 5.41) is 73.9. The molecule has 0 radical (unpaired) electrons. The second-order valence-corrected chi connectivity index (χ2v) is 25.2. The summed E-state index contributed by atoms with van der Waals surface area (Å²) in [6.45, 7) is 2.29. The quantitative estimate of drug-likeness (QED) is 0.0308.